The number of aromatic nitrogens is 3. The molecule has 6 nitrogen and oxygen atoms in total. The molecule has 0 saturated heterocycles. The first kappa shape index (κ1) is 13.1. The molecule has 2 heterocycles. The zero-order chi connectivity index (χ0) is 14.5. The molecule has 0 radical (unpaired) electrons. The van der Waals surface area contributed by atoms with Crippen molar-refractivity contribution in [3.8, 4) is 17.2 Å². The molecule has 0 amide bonds. The van der Waals surface area contributed by atoms with Crippen LogP contribution in [0.4, 0.5) is 6.01 Å². The molecule has 0 saturated carbocycles. The van der Waals surface area contributed by atoms with Crippen molar-refractivity contribution >= 4 is 6.01 Å². The van der Waals surface area contributed by atoms with Crippen molar-refractivity contribution in [2.45, 2.75) is 6.54 Å². The van der Waals surface area contributed by atoms with Crippen LogP contribution in [0.15, 0.2) is 53.2 Å². The Labute approximate surface area is 121 Å². The number of methoxy groups -OCH3 is 1. The lowest BCUT2D eigenvalue weighted by molar-refractivity contribution is 0.414. The zero-order valence-electron chi connectivity index (χ0n) is 11.5. The molecule has 3 aromatic rings. The van der Waals surface area contributed by atoms with Crippen LogP contribution in [0, 0.1) is 0 Å². The van der Waals surface area contributed by atoms with Gasteiger partial charge in [-0.05, 0) is 29.8 Å². The summed E-state index contributed by atoms with van der Waals surface area (Å²) in [6.07, 6.45) is 3.37. The van der Waals surface area contributed by atoms with Gasteiger partial charge < -0.3 is 14.5 Å². The molecule has 0 bridgehead atoms. The Morgan fingerprint density at radius 3 is 2.52 bits per heavy atom. The number of nitrogens with zero attached hydrogens (tertiary/aromatic N) is 3. The van der Waals surface area contributed by atoms with Gasteiger partial charge >= 0.3 is 6.01 Å². The Morgan fingerprint density at radius 1 is 1.05 bits per heavy atom. The van der Waals surface area contributed by atoms with Crippen LogP contribution in [0.3, 0.4) is 0 Å². The lowest BCUT2D eigenvalue weighted by atomic mass is 10.2. The Balaban J connectivity index is 1.64. The highest BCUT2D eigenvalue weighted by Gasteiger charge is 2.07. The number of hydrogen-bond donors (Lipinski definition) is 1. The predicted octanol–water partition coefficient (Wildman–Crippen LogP) is 2.75. The van der Waals surface area contributed by atoms with Crippen LogP contribution in [0.2, 0.25) is 0 Å². The van der Waals surface area contributed by atoms with E-state index in [1.165, 1.54) is 0 Å². The van der Waals surface area contributed by atoms with Crippen LogP contribution in [-0.4, -0.2) is 22.3 Å². The first-order valence-electron chi connectivity index (χ1n) is 6.46. The molecular formula is C15H14N4O2. The molecule has 1 N–H and O–H groups in total. The van der Waals surface area contributed by atoms with E-state index in [1.54, 1.807) is 19.5 Å². The van der Waals surface area contributed by atoms with Gasteiger partial charge in [0.1, 0.15) is 5.75 Å². The minimum absolute atomic E-state index is 0.387. The van der Waals surface area contributed by atoms with Crippen molar-refractivity contribution in [2.75, 3.05) is 12.4 Å². The van der Waals surface area contributed by atoms with Crippen molar-refractivity contribution in [1.29, 1.82) is 0 Å². The summed E-state index contributed by atoms with van der Waals surface area (Å²) in [5.41, 5.74) is 1.94. The third-order valence-corrected chi connectivity index (χ3v) is 2.96. The minimum atomic E-state index is 0.387. The number of hydrogen-bond acceptors (Lipinski definition) is 6. The van der Waals surface area contributed by atoms with E-state index in [0.29, 0.717) is 18.5 Å². The van der Waals surface area contributed by atoms with Gasteiger partial charge in [0.25, 0.3) is 0 Å². The topological polar surface area (TPSA) is 73.1 Å². The summed E-state index contributed by atoms with van der Waals surface area (Å²) in [6.45, 7) is 0.599. The first-order chi connectivity index (χ1) is 10.3. The number of nitrogens with one attached hydrogen (secondary N) is 1. The van der Waals surface area contributed by atoms with Gasteiger partial charge in [0, 0.05) is 24.5 Å². The van der Waals surface area contributed by atoms with E-state index in [2.05, 4.69) is 20.5 Å². The molecular weight excluding hydrogens is 268 g/mol. The van der Waals surface area contributed by atoms with E-state index < -0.39 is 0 Å². The maximum absolute atomic E-state index is 5.55. The number of anilines is 1. The average molecular weight is 282 g/mol. The minimum Gasteiger partial charge on any atom is -0.497 e. The molecule has 0 aliphatic carbocycles. The van der Waals surface area contributed by atoms with E-state index in [1.807, 2.05) is 36.4 Å². The maximum atomic E-state index is 5.55. The second-order valence-corrected chi connectivity index (χ2v) is 4.35. The fourth-order valence-corrected chi connectivity index (χ4v) is 1.83. The molecule has 6 heteroatoms. The molecule has 0 unspecified atom stereocenters. The SMILES string of the molecule is COc1ccc(CNc2nnc(-c3ccncc3)o2)cc1. The van der Waals surface area contributed by atoms with Gasteiger partial charge in [0.05, 0.1) is 7.11 Å². The lowest BCUT2D eigenvalue weighted by Crippen LogP contribution is -1.99. The highest BCUT2D eigenvalue weighted by Crippen LogP contribution is 2.19. The molecule has 106 valence electrons. The van der Waals surface area contributed by atoms with Gasteiger partial charge in [0.2, 0.25) is 5.89 Å². The summed E-state index contributed by atoms with van der Waals surface area (Å²) in [4.78, 5) is 3.95. The van der Waals surface area contributed by atoms with E-state index in [4.69, 9.17) is 9.15 Å². The lowest BCUT2D eigenvalue weighted by Gasteiger charge is -2.03. The van der Waals surface area contributed by atoms with Crippen molar-refractivity contribution in [2.24, 2.45) is 0 Å². The van der Waals surface area contributed by atoms with E-state index in [-0.39, 0.29) is 0 Å². The maximum Gasteiger partial charge on any atom is 0.316 e. The fourth-order valence-electron chi connectivity index (χ4n) is 1.83. The van der Waals surface area contributed by atoms with Crippen LogP contribution in [0.1, 0.15) is 5.56 Å². The highest BCUT2D eigenvalue weighted by molar-refractivity contribution is 5.51. The summed E-state index contributed by atoms with van der Waals surface area (Å²) in [5.74, 6) is 1.30. The van der Waals surface area contributed by atoms with Crippen LogP contribution < -0.4 is 10.1 Å². The largest absolute Gasteiger partial charge is 0.497 e. The smallest absolute Gasteiger partial charge is 0.316 e. The van der Waals surface area contributed by atoms with Crippen molar-refractivity contribution in [3.63, 3.8) is 0 Å². The average Bonchev–Trinajstić information content (AvgIpc) is 3.03. The molecule has 1 aromatic carbocycles. The molecule has 2 aromatic heterocycles. The second kappa shape index (κ2) is 6.04. The summed E-state index contributed by atoms with van der Waals surface area (Å²) in [5, 5.41) is 11.1. The van der Waals surface area contributed by atoms with Gasteiger partial charge in [-0.15, -0.1) is 5.10 Å². The van der Waals surface area contributed by atoms with E-state index in [9.17, 15) is 0 Å². The molecule has 0 fully saturated rings. The van der Waals surface area contributed by atoms with E-state index >= 15 is 0 Å². The monoisotopic (exact) mass is 282 g/mol. The molecule has 21 heavy (non-hydrogen) atoms. The summed E-state index contributed by atoms with van der Waals surface area (Å²) < 4.78 is 10.7. The van der Waals surface area contributed by atoms with Crippen molar-refractivity contribution < 1.29 is 9.15 Å². The van der Waals surface area contributed by atoms with Crippen molar-refractivity contribution in [3.05, 3.63) is 54.4 Å². The number of rotatable bonds is 5. The third-order valence-electron chi connectivity index (χ3n) is 2.96. The summed E-state index contributed by atoms with van der Waals surface area (Å²) in [7, 11) is 1.65. The van der Waals surface area contributed by atoms with Gasteiger partial charge in [-0.2, -0.15) is 0 Å². The van der Waals surface area contributed by atoms with Crippen LogP contribution >= 0.6 is 0 Å². The second-order valence-electron chi connectivity index (χ2n) is 4.35. The molecule has 0 atom stereocenters. The Morgan fingerprint density at radius 2 is 1.81 bits per heavy atom. The first-order valence-corrected chi connectivity index (χ1v) is 6.46. The quantitative estimate of drug-likeness (QED) is 0.775. The molecule has 3 rings (SSSR count). The fraction of sp³-hybridized carbons (Fsp3) is 0.133. The van der Waals surface area contributed by atoms with Crippen LogP contribution in [-0.2, 0) is 6.54 Å². The Hall–Kier alpha value is -2.89. The predicted molar refractivity (Wildman–Crippen MR) is 77.8 cm³/mol. The van der Waals surface area contributed by atoms with Gasteiger partial charge in [-0.3, -0.25) is 4.98 Å². The standard InChI is InChI=1S/C15H14N4O2/c1-20-13-4-2-11(3-5-13)10-17-15-19-18-14(21-15)12-6-8-16-9-7-12/h2-9H,10H2,1H3,(H,17,19). The van der Waals surface area contributed by atoms with Gasteiger partial charge in [-0.1, -0.05) is 17.2 Å². The van der Waals surface area contributed by atoms with Gasteiger partial charge in [-0.25, -0.2) is 0 Å². The zero-order valence-corrected chi connectivity index (χ0v) is 11.5. The Kier molecular flexibility index (Phi) is 3.77. The number of ether oxygens (including phenoxy) is 1. The van der Waals surface area contributed by atoms with Crippen LogP contribution in [0.25, 0.3) is 11.5 Å². The normalized spacial score (nSPS) is 10.3. The van der Waals surface area contributed by atoms with E-state index in [0.717, 1.165) is 16.9 Å². The van der Waals surface area contributed by atoms with Crippen molar-refractivity contribution in [1.82, 2.24) is 15.2 Å². The number of pyridine rings is 1. The van der Waals surface area contributed by atoms with Gasteiger partial charge in [0.15, 0.2) is 0 Å². The van der Waals surface area contributed by atoms with Crippen LogP contribution in [0.5, 0.6) is 5.75 Å². The molecule has 0 aliphatic heterocycles. The summed E-state index contributed by atoms with van der Waals surface area (Å²) in [6, 6.07) is 11.8. The Bertz CT molecular complexity index is 695. The summed E-state index contributed by atoms with van der Waals surface area (Å²) >= 11 is 0. The highest BCUT2D eigenvalue weighted by atomic mass is 16.5. The molecule has 0 aliphatic rings. The number of benzene rings is 1. The third kappa shape index (κ3) is 3.17. The molecule has 0 spiro atoms.